The monoisotopic (exact) mass is 220 g/mol. The van der Waals surface area contributed by atoms with Crippen LogP contribution in [0.15, 0.2) is 18.3 Å². The Hall–Kier alpha value is -1.59. The maximum Gasteiger partial charge on any atom is 0.0739 e. The third-order valence-corrected chi connectivity index (χ3v) is 2.29. The first-order valence-electron chi connectivity index (χ1n) is 5.21. The molecule has 0 aliphatic heterocycles. The number of hydrogen-bond donors (Lipinski definition) is 3. The molecule has 0 saturated heterocycles. The standard InChI is InChI=1S/C11H16N4O/c1-7(12)5-16-6-9-3-10(13)2-8-4-14-15-11(8)9/h2-4,7H,5-6,12-13H2,1H3,(H,14,15)/t7-/m1/s1. The van der Waals surface area contributed by atoms with E-state index in [1.807, 2.05) is 19.1 Å². The van der Waals surface area contributed by atoms with Crippen molar-refractivity contribution in [2.24, 2.45) is 5.73 Å². The molecule has 86 valence electrons. The van der Waals surface area contributed by atoms with Gasteiger partial charge in [-0.3, -0.25) is 5.10 Å². The van der Waals surface area contributed by atoms with Gasteiger partial charge in [-0.25, -0.2) is 0 Å². The number of H-pyrrole nitrogens is 1. The molecule has 0 radical (unpaired) electrons. The summed E-state index contributed by atoms with van der Waals surface area (Å²) in [5.41, 5.74) is 14.1. The first-order valence-corrected chi connectivity index (χ1v) is 5.21. The van der Waals surface area contributed by atoms with Gasteiger partial charge in [-0.15, -0.1) is 0 Å². The van der Waals surface area contributed by atoms with Crippen LogP contribution >= 0.6 is 0 Å². The average Bonchev–Trinajstić information content (AvgIpc) is 2.64. The minimum atomic E-state index is 0.0401. The highest BCUT2D eigenvalue weighted by Crippen LogP contribution is 2.20. The zero-order chi connectivity index (χ0) is 11.5. The summed E-state index contributed by atoms with van der Waals surface area (Å²) in [6.07, 6.45) is 1.75. The zero-order valence-electron chi connectivity index (χ0n) is 9.23. The summed E-state index contributed by atoms with van der Waals surface area (Å²) < 4.78 is 5.49. The maximum atomic E-state index is 5.79. The summed E-state index contributed by atoms with van der Waals surface area (Å²) >= 11 is 0. The first kappa shape index (κ1) is 10.9. The highest BCUT2D eigenvalue weighted by molar-refractivity contribution is 5.84. The van der Waals surface area contributed by atoms with E-state index in [0.717, 1.165) is 16.5 Å². The number of nitrogens with one attached hydrogen (secondary N) is 1. The van der Waals surface area contributed by atoms with Crippen molar-refractivity contribution in [3.05, 3.63) is 23.9 Å². The van der Waals surface area contributed by atoms with Crippen molar-refractivity contribution in [3.63, 3.8) is 0 Å². The second-order valence-corrected chi connectivity index (χ2v) is 4.01. The number of nitrogens with two attached hydrogens (primary N) is 2. The number of benzene rings is 1. The minimum Gasteiger partial charge on any atom is -0.399 e. The fraction of sp³-hybridized carbons (Fsp3) is 0.364. The van der Waals surface area contributed by atoms with Gasteiger partial charge in [0.2, 0.25) is 0 Å². The second-order valence-electron chi connectivity index (χ2n) is 4.01. The van der Waals surface area contributed by atoms with Gasteiger partial charge in [-0.2, -0.15) is 5.10 Å². The van der Waals surface area contributed by atoms with Crippen molar-refractivity contribution < 1.29 is 4.74 Å². The Labute approximate surface area is 93.8 Å². The number of nitrogens with zero attached hydrogens (tertiary/aromatic N) is 1. The number of nitrogen functional groups attached to an aromatic ring is 1. The van der Waals surface area contributed by atoms with E-state index in [1.165, 1.54) is 0 Å². The molecular formula is C11H16N4O. The molecule has 0 unspecified atom stereocenters. The van der Waals surface area contributed by atoms with E-state index in [4.69, 9.17) is 16.2 Å². The summed E-state index contributed by atoms with van der Waals surface area (Å²) in [5.74, 6) is 0. The fourth-order valence-corrected chi connectivity index (χ4v) is 1.63. The molecule has 1 aromatic carbocycles. The van der Waals surface area contributed by atoms with E-state index in [9.17, 15) is 0 Å². The van der Waals surface area contributed by atoms with Gasteiger partial charge < -0.3 is 16.2 Å². The second kappa shape index (κ2) is 4.51. The van der Waals surface area contributed by atoms with Gasteiger partial charge in [-0.1, -0.05) is 0 Å². The van der Waals surface area contributed by atoms with Crippen LogP contribution in [0.25, 0.3) is 10.9 Å². The van der Waals surface area contributed by atoms with Gasteiger partial charge in [0.15, 0.2) is 0 Å². The number of aromatic amines is 1. The molecule has 0 fully saturated rings. The number of rotatable bonds is 4. The minimum absolute atomic E-state index is 0.0401. The normalized spacial score (nSPS) is 13.1. The number of anilines is 1. The number of fused-ring (bicyclic) bond motifs is 1. The Balaban J connectivity index is 2.19. The maximum absolute atomic E-state index is 5.79. The molecule has 16 heavy (non-hydrogen) atoms. The van der Waals surface area contributed by atoms with Crippen molar-refractivity contribution in [1.82, 2.24) is 10.2 Å². The largest absolute Gasteiger partial charge is 0.399 e. The average molecular weight is 220 g/mol. The lowest BCUT2D eigenvalue weighted by molar-refractivity contribution is 0.112. The van der Waals surface area contributed by atoms with Gasteiger partial charge in [0.25, 0.3) is 0 Å². The zero-order valence-corrected chi connectivity index (χ0v) is 9.23. The van der Waals surface area contributed by atoms with E-state index in [1.54, 1.807) is 6.20 Å². The predicted octanol–water partition coefficient (Wildman–Crippen LogP) is 1.01. The summed E-state index contributed by atoms with van der Waals surface area (Å²) in [6.45, 7) is 2.93. The van der Waals surface area contributed by atoms with E-state index >= 15 is 0 Å². The van der Waals surface area contributed by atoms with Crippen LogP contribution in [0.2, 0.25) is 0 Å². The fourth-order valence-electron chi connectivity index (χ4n) is 1.63. The van der Waals surface area contributed by atoms with Crippen molar-refractivity contribution in [1.29, 1.82) is 0 Å². The van der Waals surface area contributed by atoms with Gasteiger partial charge in [0, 0.05) is 22.7 Å². The third-order valence-electron chi connectivity index (χ3n) is 2.29. The highest BCUT2D eigenvalue weighted by Gasteiger charge is 2.05. The summed E-state index contributed by atoms with van der Waals surface area (Å²) in [5, 5.41) is 7.92. The van der Waals surface area contributed by atoms with Crippen LogP contribution in [0.1, 0.15) is 12.5 Å². The van der Waals surface area contributed by atoms with Crippen LogP contribution in [0.4, 0.5) is 5.69 Å². The molecule has 5 N–H and O–H groups in total. The molecule has 5 heteroatoms. The van der Waals surface area contributed by atoms with Gasteiger partial charge in [0.05, 0.1) is 24.9 Å². The Morgan fingerprint density at radius 2 is 2.31 bits per heavy atom. The lowest BCUT2D eigenvalue weighted by Gasteiger charge is -2.08. The molecule has 0 spiro atoms. The molecular weight excluding hydrogens is 204 g/mol. The van der Waals surface area contributed by atoms with Crippen LogP contribution in [0.3, 0.4) is 0 Å². The van der Waals surface area contributed by atoms with Crippen molar-refractivity contribution >= 4 is 16.6 Å². The van der Waals surface area contributed by atoms with Crippen molar-refractivity contribution in [3.8, 4) is 0 Å². The van der Waals surface area contributed by atoms with Crippen LogP contribution in [0.5, 0.6) is 0 Å². The van der Waals surface area contributed by atoms with Crippen molar-refractivity contribution in [2.75, 3.05) is 12.3 Å². The predicted molar refractivity (Wildman–Crippen MR) is 63.8 cm³/mol. The first-order chi connectivity index (χ1) is 7.66. The number of hydrogen-bond acceptors (Lipinski definition) is 4. The van der Waals surface area contributed by atoms with Gasteiger partial charge >= 0.3 is 0 Å². The molecule has 5 nitrogen and oxygen atoms in total. The van der Waals surface area contributed by atoms with E-state index in [-0.39, 0.29) is 6.04 Å². The Morgan fingerprint density at radius 3 is 3.06 bits per heavy atom. The lowest BCUT2D eigenvalue weighted by atomic mass is 10.1. The molecule has 1 aromatic heterocycles. The van der Waals surface area contributed by atoms with E-state index in [0.29, 0.717) is 18.9 Å². The lowest BCUT2D eigenvalue weighted by Crippen LogP contribution is -2.21. The van der Waals surface area contributed by atoms with Crippen LogP contribution in [-0.4, -0.2) is 22.8 Å². The smallest absolute Gasteiger partial charge is 0.0739 e. The highest BCUT2D eigenvalue weighted by atomic mass is 16.5. The van der Waals surface area contributed by atoms with E-state index < -0.39 is 0 Å². The molecule has 1 atom stereocenters. The third kappa shape index (κ3) is 2.32. The van der Waals surface area contributed by atoms with Crippen molar-refractivity contribution in [2.45, 2.75) is 19.6 Å². The SMILES string of the molecule is C[C@@H](N)COCc1cc(N)cc2cn[nH]c12. The molecule has 2 aromatic rings. The molecule has 0 amide bonds. The number of aromatic nitrogens is 2. The number of ether oxygens (including phenoxy) is 1. The van der Waals surface area contributed by atoms with Gasteiger partial charge in [-0.05, 0) is 19.1 Å². The Morgan fingerprint density at radius 1 is 1.50 bits per heavy atom. The van der Waals surface area contributed by atoms with Crippen LogP contribution in [0, 0.1) is 0 Å². The van der Waals surface area contributed by atoms with Gasteiger partial charge in [0.1, 0.15) is 0 Å². The quantitative estimate of drug-likeness (QED) is 0.671. The molecule has 0 aliphatic carbocycles. The van der Waals surface area contributed by atoms with Crippen LogP contribution in [-0.2, 0) is 11.3 Å². The topological polar surface area (TPSA) is 89.9 Å². The summed E-state index contributed by atoms with van der Waals surface area (Å²) in [4.78, 5) is 0. The molecule has 0 saturated carbocycles. The molecule has 1 heterocycles. The Bertz CT molecular complexity index is 478. The molecule has 2 rings (SSSR count). The molecule has 0 bridgehead atoms. The Kier molecular flexibility index (Phi) is 3.07. The summed E-state index contributed by atoms with van der Waals surface area (Å²) in [7, 11) is 0. The van der Waals surface area contributed by atoms with Crippen LogP contribution < -0.4 is 11.5 Å². The van der Waals surface area contributed by atoms with E-state index in [2.05, 4.69) is 10.2 Å². The summed E-state index contributed by atoms with van der Waals surface area (Å²) in [6, 6.07) is 3.81. The molecule has 0 aliphatic rings.